The van der Waals surface area contributed by atoms with E-state index in [9.17, 15) is 4.79 Å². The summed E-state index contributed by atoms with van der Waals surface area (Å²) in [5.74, 6) is 0.259. The Morgan fingerprint density at radius 3 is 3.08 bits per heavy atom. The van der Waals surface area contributed by atoms with Crippen molar-refractivity contribution in [1.29, 1.82) is 0 Å². The normalized spacial score (nSPS) is 9.83. The fourth-order valence-electron chi connectivity index (χ4n) is 0.663. The number of nitrogens with zero attached hydrogens (tertiary/aromatic N) is 1. The van der Waals surface area contributed by atoms with Crippen molar-refractivity contribution in [2.45, 2.75) is 6.42 Å². The zero-order valence-corrected chi connectivity index (χ0v) is 7.71. The first kappa shape index (κ1) is 9.35. The molecule has 0 radical (unpaired) electrons. The Morgan fingerprint density at radius 1 is 1.83 bits per heavy atom. The molecule has 1 rings (SSSR count). The van der Waals surface area contributed by atoms with E-state index < -0.39 is 0 Å². The molecule has 1 aromatic rings. The molecule has 1 heterocycles. The minimum Gasteiger partial charge on any atom is -0.322 e. The summed E-state index contributed by atoms with van der Waals surface area (Å²) in [5.41, 5.74) is 0.491. The van der Waals surface area contributed by atoms with Crippen molar-refractivity contribution in [2.24, 2.45) is 0 Å². The van der Waals surface area contributed by atoms with E-state index in [1.54, 1.807) is 0 Å². The number of amides is 1. The molecule has 0 aromatic carbocycles. The average Bonchev–Trinajstić information content (AvgIpc) is 2.37. The summed E-state index contributed by atoms with van der Waals surface area (Å²) in [5, 5.41) is 9.01. The lowest BCUT2D eigenvalue weighted by Crippen LogP contribution is -2.11. The van der Waals surface area contributed by atoms with Crippen LogP contribution in [-0.4, -0.2) is 22.0 Å². The van der Waals surface area contributed by atoms with Gasteiger partial charge in [0, 0.05) is 0 Å². The molecule has 6 heteroatoms. The Morgan fingerprint density at radius 2 is 2.58 bits per heavy atom. The first-order valence-corrected chi connectivity index (χ1v) is 4.26. The second kappa shape index (κ2) is 4.33. The molecule has 0 aliphatic carbocycles. The van der Waals surface area contributed by atoms with Gasteiger partial charge in [0.2, 0.25) is 5.91 Å². The highest BCUT2D eigenvalue weighted by Gasteiger charge is 2.07. The van der Waals surface area contributed by atoms with Crippen LogP contribution in [0.4, 0.5) is 5.69 Å². The number of anilines is 1. The maximum atomic E-state index is 11.0. The van der Waals surface area contributed by atoms with Gasteiger partial charge in [-0.05, 0) is 0 Å². The summed E-state index contributed by atoms with van der Waals surface area (Å²) < 4.78 is 0. The topological polar surface area (TPSA) is 57.8 Å². The molecular formula is C6H8Cl2N3O+. The molecule has 0 unspecified atom stereocenters. The van der Waals surface area contributed by atoms with Gasteiger partial charge < -0.3 is 5.32 Å². The number of H-pyrrole nitrogens is 1. The summed E-state index contributed by atoms with van der Waals surface area (Å²) in [4.78, 5) is 11.0. The molecule has 0 spiro atoms. The first-order valence-electron chi connectivity index (χ1n) is 3.31. The number of aromatic nitrogens is 2. The molecule has 0 saturated carbocycles. The van der Waals surface area contributed by atoms with Crippen molar-refractivity contribution in [2.75, 3.05) is 11.2 Å². The van der Waals surface area contributed by atoms with Gasteiger partial charge in [-0.3, -0.25) is 9.89 Å². The van der Waals surface area contributed by atoms with Crippen LogP contribution in [0.5, 0.6) is 0 Å². The van der Waals surface area contributed by atoms with Crippen LogP contribution < -0.4 is 5.32 Å². The molecule has 1 aromatic heterocycles. The van der Waals surface area contributed by atoms with Gasteiger partial charge >= 0.3 is 0 Å². The Kier molecular flexibility index (Phi) is 3.37. The summed E-state index contributed by atoms with van der Waals surface area (Å²) in [6, 6.07) is 0. The van der Waals surface area contributed by atoms with E-state index in [4.69, 9.17) is 11.6 Å². The average molecular weight is 209 g/mol. The third-order valence-corrected chi connectivity index (χ3v) is 1.69. The predicted molar refractivity (Wildman–Crippen MR) is 43.1 cm³/mol. The van der Waals surface area contributed by atoms with Crippen LogP contribution >= 0.6 is 11.6 Å². The lowest BCUT2D eigenvalue weighted by molar-refractivity contribution is -0.365. The van der Waals surface area contributed by atoms with Crippen LogP contribution in [0.1, 0.15) is 6.42 Å². The van der Waals surface area contributed by atoms with E-state index in [-0.39, 0.29) is 5.91 Å². The molecule has 4 nitrogen and oxygen atoms in total. The number of carbonyl (C=O) groups is 1. The van der Waals surface area contributed by atoms with Gasteiger partial charge in [-0.1, -0.05) is 11.6 Å². The van der Waals surface area contributed by atoms with E-state index in [0.29, 0.717) is 23.1 Å². The largest absolute Gasteiger partial charge is 0.322 e. The number of hydrogen-bond donors (Lipinski definition) is 2. The predicted octanol–water partition coefficient (Wildman–Crippen LogP) is 0.673. The number of hydrogen-bond acceptors (Lipinski definition) is 2. The molecular weight excluding hydrogens is 201 g/mol. The van der Waals surface area contributed by atoms with Gasteiger partial charge in [-0.2, -0.15) is 5.10 Å². The minimum atomic E-state index is -0.145. The number of aromatic amines is 1. The molecule has 66 valence electrons. The molecule has 12 heavy (non-hydrogen) atoms. The van der Waals surface area contributed by atoms with E-state index >= 15 is 0 Å². The molecule has 0 aliphatic heterocycles. The van der Waals surface area contributed by atoms with Crippen molar-refractivity contribution in [3.05, 3.63) is 11.3 Å². The standard InChI is InChI=1S/C6H7Cl2N3O/c7-2-1-5(12)10-4-3-9-11-6(4)8/h3,7H,1-2H2,(H-,9,10,11,12)/p+1. The molecule has 2 N–H and O–H groups in total. The molecule has 0 bridgehead atoms. The van der Waals surface area contributed by atoms with Crippen LogP contribution in [0.3, 0.4) is 0 Å². The van der Waals surface area contributed by atoms with Crippen molar-refractivity contribution < 1.29 is 16.4 Å². The molecule has 0 saturated heterocycles. The monoisotopic (exact) mass is 208 g/mol. The van der Waals surface area contributed by atoms with Crippen molar-refractivity contribution in [1.82, 2.24) is 10.2 Å². The van der Waals surface area contributed by atoms with Crippen molar-refractivity contribution >= 4 is 23.2 Å². The van der Waals surface area contributed by atoms with E-state index in [1.807, 2.05) is 0 Å². The lowest BCUT2D eigenvalue weighted by atomic mass is 10.4. The third-order valence-electron chi connectivity index (χ3n) is 1.20. The molecule has 1 amide bonds. The van der Waals surface area contributed by atoms with Gasteiger partial charge in [0.15, 0.2) is 5.88 Å². The maximum Gasteiger partial charge on any atom is 0.229 e. The van der Waals surface area contributed by atoms with Crippen LogP contribution in [0.15, 0.2) is 6.20 Å². The molecule has 0 atom stereocenters. The van der Waals surface area contributed by atoms with Crippen LogP contribution in [0.2, 0.25) is 5.15 Å². The number of alkyl halides is 1. The van der Waals surface area contributed by atoms with E-state index in [0.717, 1.165) is 0 Å². The Balaban J connectivity index is 2.52. The van der Waals surface area contributed by atoms with Crippen molar-refractivity contribution in [3.8, 4) is 0 Å². The second-order valence-electron chi connectivity index (χ2n) is 2.10. The highest BCUT2D eigenvalue weighted by Crippen LogP contribution is 2.16. The summed E-state index contributed by atoms with van der Waals surface area (Å²) in [7, 11) is 0. The Bertz CT molecular complexity index is 274. The Labute approximate surface area is 79.2 Å². The SMILES string of the molecule is O=C(CC[ClH+])Nc1cn[nH]c1Cl. The molecule has 0 aliphatic rings. The van der Waals surface area contributed by atoms with E-state index in [2.05, 4.69) is 27.1 Å². The zero-order chi connectivity index (χ0) is 8.97. The van der Waals surface area contributed by atoms with Crippen LogP contribution in [-0.2, 0) is 4.79 Å². The van der Waals surface area contributed by atoms with Crippen LogP contribution in [0.25, 0.3) is 0 Å². The summed E-state index contributed by atoms with van der Waals surface area (Å²) in [6.45, 7) is 0. The van der Waals surface area contributed by atoms with Gasteiger partial charge in [0.05, 0.1) is 18.3 Å². The van der Waals surface area contributed by atoms with Gasteiger partial charge in [0.1, 0.15) is 16.8 Å². The smallest absolute Gasteiger partial charge is 0.229 e. The van der Waals surface area contributed by atoms with Gasteiger partial charge in [-0.15, -0.1) is 0 Å². The fourth-order valence-corrected chi connectivity index (χ4v) is 0.993. The highest BCUT2D eigenvalue weighted by molar-refractivity contribution is 6.32. The number of rotatable bonds is 3. The fraction of sp³-hybridized carbons (Fsp3) is 0.333. The number of halogens is 2. The second-order valence-corrected chi connectivity index (χ2v) is 2.89. The number of carbonyl (C=O) groups excluding carboxylic acids is 1. The summed E-state index contributed by atoms with van der Waals surface area (Å²) in [6.07, 6.45) is 1.76. The zero-order valence-electron chi connectivity index (χ0n) is 6.13. The summed E-state index contributed by atoms with van der Waals surface area (Å²) >= 11 is 10.3. The lowest BCUT2D eigenvalue weighted by Gasteiger charge is -1.97. The minimum absolute atomic E-state index is 0.145. The number of nitrogens with one attached hydrogen (secondary N) is 2. The van der Waals surface area contributed by atoms with Gasteiger partial charge in [0.25, 0.3) is 0 Å². The van der Waals surface area contributed by atoms with Crippen LogP contribution in [0, 0.1) is 11.6 Å². The van der Waals surface area contributed by atoms with E-state index in [1.165, 1.54) is 6.20 Å². The Hall–Kier alpha value is -0.740. The maximum absolute atomic E-state index is 11.0. The highest BCUT2D eigenvalue weighted by atomic mass is 35.5. The van der Waals surface area contributed by atoms with Crippen molar-refractivity contribution in [3.63, 3.8) is 0 Å². The quantitative estimate of drug-likeness (QED) is 0.719. The molecule has 0 fully saturated rings. The first-order chi connectivity index (χ1) is 5.74. The van der Waals surface area contributed by atoms with Gasteiger partial charge in [-0.25, -0.2) is 0 Å². The third kappa shape index (κ3) is 2.39.